The zero-order valence-electron chi connectivity index (χ0n) is 19.3. The highest BCUT2D eigenvalue weighted by Gasteiger charge is 2.23. The number of H-pyrrole nitrogens is 1. The zero-order valence-corrected chi connectivity index (χ0v) is 19.3. The molecule has 1 atom stereocenters. The zero-order chi connectivity index (χ0) is 23.2. The van der Waals surface area contributed by atoms with E-state index < -0.39 is 6.09 Å². The van der Waals surface area contributed by atoms with E-state index in [2.05, 4.69) is 20.6 Å². The number of imidazole rings is 1. The van der Waals surface area contributed by atoms with Crippen molar-refractivity contribution in [3.63, 3.8) is 0 Å². The van der Waals surface area contributed by atoms with Gasteiger partial charge in [0, 0.05) is 11.6 Å². The van der Waals surface area contributed by atoms with Crippen LogP contribution in [-0.4, -0.2) is 28.0 Å². The Hall–Kier alpha value is -3.35. The topological polar surface area (TPSA) is 96.1 Å². The van der Waals surface area contributed by atoms with Gasteiger partial charge in [-0.05, 0) is 42.5 Å². The Morgan fingerprint density at radius 3 is 2.58 bits per heavy atom. The van der Waals surface area contributed by atoms with Crippen molar-refractivity contribution in [1.29, 1.82) is 0 Å². The van der Waals surface area contributed by atoms with Gasteiger partial charge < -0.3 is 20.4 Å². The van der Waals surface area contributed by atoms with E-state index >= 15 is 0 Å². The molecule has 1 saturated carbocycles. The van der Waals surface area contributed by atoms with Crippen molar-refractivity contribution in [3.8, 4) is 0 Å². The highest BCUT2D eigenvalue weighted by Crippen LogP contribution is 2.24. The Kier molecular flexibility index (Phi) is 7.27. The summed E-state index contributed by atoms with van der Waals surface area (Å²) in [6, 6.07) is 14.9. The monoisotopic (exact) mass is 448 g/mol. The molecular formula is C26H32N4O3. The van der Waals surface area contributed by atoms with Crippen LogP contribution >= 0.6 is 0 Å². The lowest BCUT2D eigenvalue weighted by Crippen LogP contribution is -2.36. The predicted molar refractivity (Wildman–Crippen MR) is 128 cm³/mol. The summed E-state index contributed by atoms with van der Waals surface area (Å²) in [6.45, 7) is 4.23. The molecule has 1 fully saturated rings. The van der Waals surface area contributed by atoms with Gasteiger partial charge in [0.2, 0.25) is 0 Å². The molecule has 3 aromatic rings. The van der Waals surface area contributed by atoms with Crippen LogP contribution in [0.3, 0.4) is 0 Å². The number of aromatic amines is 1. The fourth-order valence-electron chi connectivity index (χ4n) is 4.28. The Labute approximate surface area is 194 Å². The molecule has 1 aromatic heterocycles. The lowest BCUT2D eigenvalue weighted by atomic mass is 9.95. The first-order chi connectivity index (χ1) is 16.0. The SMILES string of the molecule is CC(C)[C@H](NC(=O)OCc1ccccc1)c1nc2ccc(C(=O)NC3CCCCC3)cc2[nH]1. The first-order valence-corrected chi connectivity index (χ1v) is 11.8. The summed E-state index contributed by atoms with van der Waals surface area (Å²) in [5.74, 6) is 0.674. The number of carbonyl (C=O) groups excluding carboxylic acids is 2. The Morgan fingerprint density at radius 2 is 1.85 bits per heavy atom. The van der Waals surface area contributed by atoms with E-state index in [9.17, 15) is 9.59 Å². The van der Waals surface area contributed by atoms with Crippen molar-refractivity contribution in [1.82, 2.24) is 20.6 Å². The molecule has 33 heavy (non-hydrogen) atoms. The Morgan fingerprint density at radius 1 is 1.09 bits per heavy atom. The fraction of sp³-hybridized carbons (Fsp3) is 0.423. The smallest absolute Gasteiger partial charge is 0.408 e. The molecule has 0 radical (unpaired) electrons. The van der Waals surface area contributed by atoms with Crippen LogP contribution in [0.1, 0.15) is 73.7 Å². The second-order valence-corrected chi connectivity index (χ2v) is 9.09. The van der Waals surface area contributed by atoms with Crippen LogP contribution in [0.4, 0.5) is 4.79 Å². The molecule has 0 spiro atoms. The van der Waals surface area contributed by atoms with E-state index in [0.29, 0.717) is 11.4 Å². The molecule has 4 rings (SSSR count). The summed E-state index contributed by atoms with van der Waals surface area (Å²) in [7, 11) is 0. The molecule has 2 amide bonds. The number of benzene rings is 2. The number of amides is 2. The fourth-order valence-corrected chi connectivity index (χ4v) is 4.28. The summed E-state index contributed by atoms with van der Waals surface area (Å²) in [5, 5.41) is 6.08. The number of ether oxygens (including phenoxy) is 1. The highest BCUT2D eigenvalue weighted by molar-refractivity contribution is 5.97. The molecule has 0 saturated heterocycles. The van der Waals surface area contributed by atoms with E-state index in [1.807, 2.05) is 56.3 Å². The lowest BCUT2D eigenvalue weighted by molar-refractivity contribution is 0.0927. The van der Waals surface area contributed by atoms with Crippen molar-refractivity contribution in [3.05, 3.63) is 65.5 Å². The van der Waals surface area contributed by atoms with E-state index in [-0.39, 0.29) is 30.5 Å². The number of fused-ring (bicyclic) bond motifs is 1. The Bertz CT molecular complexity index is 1090. The van der Waals surface area contributed by atoms with Gasteiger partial charge in [-0.3, -0.25) is 4.79 Å². The van der Waals surface area contributed by atoms with E-state index in [1.165, 1.54) is 19.3 Å². The van der Waals surface area contributed by atoms with E-state index in [4.69, 9.17) is 4.74 Å². The van der Waals surface area contributed by atoms with Crippen molar-refractivity contribution in [2.45, 2.75) is 64.6 Å². The summed E-state index contributed by atoms with van der Waals surface area (Å²) in [5.41, 5.74) is 3.06. The van der Waals surface area contributed by atoms with E-state index in [0.717, 1.165) is 29.4 Å². The first-order valence-electron chi connectivity index (χ1n) is 11.8. The number of nitrogens with one attached hydrogen (secondary N) is 3. The van der Waals surface area contributed by atoms with Gasteiger partial charge in [0.05, 0.1) is 17.1 Å². The van der Waals surface area contributed by atoms with Crippen molar-refractivity contribution < 1.29 is 14.3 Å². The maximum absolute atomic E-state index is 12.7. The van der Waals surface area contributed by atoms with Crippen LogP contribution in [0.5, 0.6) is 0 Å². The predicted octanol–water partition coefficient (Wildman–Crippen LogP) is 5.25. The van der Waals surface area contributed by atoms with Gasteiger partial charge in [0.15, 0.2) is 0 Å². The molecule has 0 aliphatic heterocycles. The number of alkyl carbamates (subject to hydrolysis) is 1. The molecule has 1 heterocycles. The minimum atomic E-state index is -0.495. The van der Waals surface area contributed by atoms with Crippen LogP contribution in [0.15, 0.2) is 48.5 Å². The van der Waals surface area contributed by atoms with Crippen molar-refractivity contribution >= 4 is 23.0 Å². The highest BCUT2D eigenvalue weighted by atomic mass is 16.5. The van der Waals surface area contributed by atoms with Gasteiger partial charge in [-0.2, -0.15) is 0 Å². The van der Waals surface area contributed by atoms with E-state index in [1.54, 1.807) is 6.07 Å². The number of hydrogen-bond acceptors (Lipinski definition) is 4. The number of aromatic nitrogens is 2. The molecule has 0 bridgehead atoms. The quantitative estimate of drug-likeness (QED) is 0.460. The average molecular weight is 449 g/mol. The summed E-state index contributed by atoms with van der Waals surface area (Å²) < 4.78 is 5.38. The average Bonchev–Trinajstić information content (AvgIpc) is 3.25. The number of hydrogen-bond donors (Lipinski definition) is 3. The van der Waals surface area contributed by atoms with Gasteiger partial charge in [0.1, 0.15) is 12.4 Å². The molecule has 1 aliphatic carbocycles. The third kappa shape index (κ3) is 5.92. The van der Waals surface area contributed by atoms with Gasteiger partial charge in [-0.15, -0.1) is 0 Å². The third-order valence-corrected chi connectivity index (χ3v) is 6.15. The number of nitrogens with zero attached hydrogens (tertiary/aromatic N) is 1. The van der Waals surface area contributed by atoms with Gasteiger partial charge >= 0.3 is 6.09 Å². The van der Waals surface area contributed by atoms with Gasteiger partial charge in [0.25, 0.3) is 5.91 Å². The summed E-state index contributed by atoms with van der Waals surface area (Å²) >= 11 is 0. The second kappa shape index (κ2) is 10.5. The third-order valence-electron chi connectivity index (χ3n) is 6.15. The molecule has 174 valence electrons. The van der Waals surface area contributed by atoms with Crippen LogP contribution in [0.2, 0.25) is 0 Å². The first kappa shape index (κ1) is 22.8. The molecular weight excluding hydrogens is 416 g/mol. The molecule has 0 unspecified atom stereocenters. The van der Waals surface area contributed by atoms with Crippen LogP contribution < -0.4 is 10.6 Å². The maximum atomic E-state index is 12.7. The van der Waals surface area contributed by atoms with Crippen molar-refractivity contribution in [2.24, 2.45) is 5.92 Å². The van der Waals surface area contributed by atoms with Crippen LogP contribution in [0.25, 0.3) is 11.0 Å². The second-order valence-electron chi connectivity index (χ2n) is 9.09. The lowest BCUT2D eigenvalue weighted by Gasteiger charge is -2.22. The van der Waals surface area contributed by atoms with Crippen LogP contribution in [-0.2, 0) is 11.3 Å². The van der Waals surface area contributed by atoms with Gasteiger partial charge in [-0.25, -0.2) is 9.78 Å². The largest absolute Gasteiger partial charge is 0.445 e. The maximum Gasteiger partial charge on any atom is 0.408 e. The normalized spacial score (nSPS) is 15.4. The number of carbonyl (C=O) groups is 2. The minimum absolute atomic E-state index is 0.0528. The molecule has 7 heteroatoms. The molecule has 7 nitrogen and oxygen atoms in total. The minimum Gasteiger partial charge on any atom is -0.445 e. The van der Waals surface area contributed by atoms with Gasteiger partial charge in [-0.1, -0.05) is 63.4 Å². The standard InChI is InChI=1S/C26H32N4O3/c1-17(2)23(30-26(32)33-16-18-9-5-3-6-10-18)24-28-21-14-13-19(15-22(21)29-24)25(31)27-20-11-7-4-8-12-20/h3,5-6,9-10,13-15,17,20,23H,4,7-8,11-12,16H2,1-2H3,(H,27,31)(H,28,29)(H,30,32)/t23-/m0/s1. The summed E-state index contributed by atoms with van der Waals surface area (Å²) in [4.78, 5) is 33.1. The molecule has 2 aromatic carbocycles. The summed E-state index contributed by atoms with van der Waals surface area (Å²) in [6.07, 6.45) is 5.19. The molecule has 1 aliphatic rings. The number of rotatable bonds is 7. The molecule has 3 N–H and O–H groups in total. The van der Waals surface area contributed by atoms with Crippen LogP contribution in [0, 0.1) is 5.92 Å². The van der Waals surface area contributed by atoms with Crippen molar-refractivity contribution in [2.75, 3.05) is 0 Å². The Balaban J connectivity index is 1.43.